The van der Waals surface area contributed by atoms with Crippen LogP contribution in [0.5, 0.6) is 0 Å². The Morgan fingerprint density at radius 2 is 2.32 bits per heavy atom. The fraction of sp³-hybridized carbons (Fsp3) is 0.444. The summed E-state index contributed by atoms with van der Waals surface area (Å²) in [5.74, 6) is 0. The molecule has 8 nitrogen and oxygen atoms in total. The van der Waals surface area contributed by atoms with E-state index < -0.39 is 26.9 Å². The van der Waals surface area contributed by atoms with Crippen molar-refractivity contribution >= 4 is 27.3 Å². The smallest absolute Gasteiger partial charge is 0.307 e. The fourth-order valence-electron chi connectivity index (χ4n) is 1.60. The molecule has 0 saturated carbocycles. The maximum atomic E-state index is 12.0. The minimum Gasteiger partial charge on any atom is -0.362 e. The van der Waals surface area contributed by atoms with Gasteiger partial charge in [-0.25, -0.2) is 13.4 Å². The van der Waals surface area contributed by atoms with Gasteiger partial charge in [-0.2, -0.15) is 4.72 Å². The van der Waals surface area contributed by atoms with Crippen molar-refractivity contribution in [2.24, 2.45) is 0 Å². The van der Waals surface area contributed by atoms with Gasteiger partial charge in [-0.15, -0.1) is 0 Å². The molecule has 0 bridgehead atoms. The van der Waals surface area contributed by atoms with Crippen LogP contribution in [0.3, 0.4) is 0 Å². The average Bonchev–Trinajstić information content (AvgIpc) is 2.80. The Hall–Kier alpha value is -1.29. The first kappa shape index (κ1) is 14.1. The first-order chi connectivity index (χ1) is 8.90. The minimum absolute atomic E-state index is 0.320. The Bertz CT molecular complexity index is 600. The molecule has 0 radical (unpaired) electrons. The highest BCUT2D eigenvalue weighted by Crippen LogP contribution is 2.25. The van der Waals surface area contributed by atoms with Crippen molar-refractivity contribution in [1.82, 2.24) is 9.71 Å². The molecule has 2 rings (SSSR count). The predicted molar refractivity (Wildman–Crippen MR) is 65.2 cm³/mol. The maximum absolute atomic E-state index is 12.0. The molecule has 1 aromatic heterocycles. The lowest BCUT2D eigenvalue weighted by molar-refractivity contribution is -0.385. The first-order valence-electron chi connectivity index (χ1n) is 5.34. The first-order valence-corrected chi connectivity index (χ1v) is 7.20. The van der Waals surface area contributed by atoms with E-state index in [9.17, 15) is 18.5 Å². The molecule has 1 atom stereocenters. The summed E-state index contributed by atoms with van der Waals surface area (Å²) in [7, 11) is -3.92. The zero-order chi connectivity index (χ0) is 14.0. The number of halogens is 1. The molecule has 1 aliphatic heterocycles. The third-order valence-corrected chi connectivity index (χ3v) is 4.23. The lowest BCUT2D eigenvalue weighted by Gasteiger charge is -2.12. The molecule has 1 aliphatic rings. The second-order valence-corrected chi connectivity index (χ2v) is 5.93. The van der Waals surface area contributed by atoms with Crippen LogP contribution >= 0.6 is 11.6 Å². The van der Waals surface area contributed by atoms with E-state index in [0.29, 0.717) is 13.0 Å². The summed E-state index contributed by atoms with van der Waals surface area (Å²) in [5, 5.41) is 10.3. The van der Waals surface area contributed by atoms with Gasteiger partial charge in [0.15, 0.2) is 0 Å². The minimum atomic E-state index is -3.92. The van der Waals surface area contributed by atoms with Gasteiger partial charge < -0.3 is 4.74 Å². The summed E-state index contributed by atoms with van der Waals surface area (Å²) in [5.41, 5.74) is -0.558. The van der Waals surface area contributed by atoms with Gasteiger partial charge in [-0.05, 0) is 12.8 Å². The average molecular weight is 308 g/mol. The molecule has 0 spiro atoms. The van der Waals surface area contributed by atoms with Crippen LogP contribution in [0, 0.1) is 10.1 Å². The highest BCUT2D eigenvalue weighted by Gasteiger charge is 2.26. The second-order valence-electron chi connectivity index (χ2n) is 3.86. The van der Waals surface area contributed by atoms with E-state index in [0.717, 1.165) is 18.7 Å². The van der Waals surface area contributed by atoms with Gasteiger partial charge in [0.2, 0.25) is 15.2 Å². The Balaban J connectivity index is 2.29. The van der Waals surface area contributed by atoms with E-state index >= 15 is 0 Å². The van der Waals surface area contributed by atoms with E-state index in [1.807, 2.05) is 0 Å². The lowest BCUT2D eigenvalue weighted by atomic mass is 10.3. The third kappa shape index (κ3) is 3.18. The number of pyridine rings is 1. The summed E-state index contributed by atoms with van der Waals surface area (Å²) in [6.45, 7) is 0.478. The zero-order valence-corrected chi connectivity index (χ0v) is 11.1. The summed E-state index contributed by atoms with van der Waals surface area (Å²) < 4.78 is 31.4. The van der Waals surface area contributed by atoms with E-state index in [4.69, 9.17) is 16.3 Å². The fourth-order valence-corrected chi connectivity index (χ4v) is 2.90. The number of sulfonamides is 1. The van der Waals surface area contributed by atoms with Crippen molar-refractivity contribution in [2.75, 3.05) is 6.61 Å². The molecular formula is C9H10ClN3O5S. The van der Waals surface area contributed by atoms with Crippen molar-refractivity contribution in [3.05, 3.63) is 27.5 Å². The van der Waals surface area contributed by atoms with Gasteiger partial charge >= 0.3 is 5.69 Å². The Morgan fingerprint density at radius 1 is 1.58 bits per heavy atom. The molecule has 104 valence electrons. The monoisotopic (exact) mass is 307 g/mol. The van der Waals surface area contributed by atoms with Gasteiger partial charge in [0.25, 0.3) is 0 Å². The van der Waals surface area contributed by atoms with Crippen LogP contribution in [0.1, 0.15) is 12.8 Å². The number of aromatic nitrogens is 1. The lowest BCUT2D eigenvalue weighted by Crippen LogP contribution is -2.34. The van der Waals surface area contributed by atoms with Crippen LogP contribution in [0.2, 0.25) is 5.15 Å². The molecule has 2 heterocycles. The predicted octanol–water partition coefficient (Wildman–Crippen LogP) is 1.06. The Kier molecular flexibility index (Phi) is 3.99. The van der Waals surface area contributed by atoms with Crippen LogP contribution < -0.4 is 4.72 Å². The van der Waals surface area contributed by atoms with Crippen LogP contribution in [0.15, 0.2) is 17.2 Å². The van der Waals surface area contributed by atoms with Crippen molar-refractivity contribution in [3.63, 3.8) is 0 Å². The molecule has 1 N–H and O–H groups in total. The summed E-state index contributed by atoms with van der Waals surface area (Å²) in [6, 6.07) is 0.868. The van der Waals surface area contributed by atoms with Crippen molar-refractivity contribution in [2.45, 2.75) is 24.0 Å². The molecule has 1 fully saturated rings. The molecule has 1 saturated heterocycles. The normalized spacial score (nSPS) is 19.5. The van der Waals surface area contributed by atoms with E-state index in [2.05, 4.69) is 9.71 Å². The molecule has 19 heavy (non-hydrogen) atoms. The van der Waals surface area contributed by atoms with Crippen LogP contribution in [-0.4, -0.2) is 31.2 Å². The van der Waals surface area contributed by atoms with Crippen LogP contribution in [-0.2, 0) is 14.8 Å². The topological polar surface area (TPSA) is 111 Å². The van der Waals surface area contributed by atoms with Crippen LogP contribution in [0.25, 0.3) is 0 Å². The van der Waals surface area contributed by atoms with Crippen molar-refractivity contribution in [3.8, 4) is 0 Å². The van der Waals surface area contributed by atoms with Gasteiger partial charge in [0, 0.05) is 18.9 Å². The van der Waals surface area contributed by atoms with Gasteiger partial charge in [0.05, 0.1) is 4.92 Å². The molecule has 0 aromatic carbocycles. The molecular weight excluding hydrogens is 298 g/mol. The highest BCUT2D eigenvalue weighted by molar-refractivity contribution is 7.89. The van der Waals surface area contributed by atoms with Crippen molar-refractivity contribution in [1.29, 1.82) is 0 Å². The van der Waals surface area contributed by atoms with E-state index in [1.165, 1.54) is 0 Å². The number of hydrogen-bond donors (Lipinski definition) is 1. The van der Waals surface area contributed by atoms with Gasteiger partial charge in [0.1, 0.15) is 11.1 Å². The molecule has 10 heteroatoms. The highest BCUT2D eigenvalue weighted by atomic mass is 35.5. The zero-order valence-electron chi connectivity index (χ0n) is 9.58. The molecule has 1 unspecified atom stereocenters. The summed E-state index contributed by atoms with van der Waals surface area (Å²) >= 11 is 5.52. The third-order valence-electron chi connectivity index (χ3n) is 2.52. The molecule has 0 aliphatic carbocycles. The van der Waals surface area contributed by atoms with E-state index in [1.54, 1.807) is 0 Å². The SMILES string of the molecule is O=[N+]([O-])c1cc(S(=O)(=O)NC2CCCO2)cnc1Cl. The quantitative estimate of drug-likeness (QED) is 0.505. The second kappa shape index (κ2) is 5.37. The number of nitro groups is 1. The Morgan fingerprint density at radius 3 is 2.89 bits per heavy atom. The number of ether oxygens (including phenoxy) is 1. The standard InChI is InChI=1S/C9H10ClN3O5S/c10-9-7(13(14)15)4-6(5-11-9)19(16,17)12-8-2-1-3-18-8/h4-5,8,12H,1-3H2. The Labute approximate surface area is 113 Å². The molecule has 1 aromatic rings. The summed E-state index contributed by atoms with van der Waals surface area (Å²) in [6.07, 6.45) is 1.67. The van der Waals surface area contributed by atoms with E-state index in [-0.39, 0.29) is 10.0 Å². The van der Waals surface area contributed by atoms with Gasteiger partial charge in [-0.3, -0.25) is 10.1 Å². The summed E-state index contributed by atoms with van der Waals surface area (Å²) in [4.78, 5) is 13.1. The maximum Gasteiger partial charge on any atom is 0.307 e. The number of nitrogens with zero attached hydrogens (tertiary/aromatic N) is 2. The number of hydrogen-bond acceptors (Lipinski definition) is 6. The van der Waals surface area contributed by atoms with Gasteiger partial charge in [-0.1, -0.05) is 11.6 Å². The van der Waals surface area contributed by atoms with Crippen molar-refractivity contribution < 1.29 is 18.1 Å². The molecule has 0 amide bonds. The number of nitrogens with one attached hydrogen (secondary N) is 1. The van der Waals surface area contributed by atoms with Crippen LogP contribution in [0.4, 0.5) is 5.69 Å². The number of rotatable bonds is 4. The largest absolute Gasteiger partial charge is 0.362 e.